The summed E-state index contributed by atoms with van der Waals surface area (Å²) < 4.78 is 6.66. The Labute approximate surface area is 154 Å². The lowest BCUT2D eigenvalue weighted by Gasteiger charge is -2.05. The summed E-state index contributed by atoms with van der Waals surface area (Å²) in [6.45, 7) is 7.39. The van der Waals surface area contributed by atoms with Crippen LogP contribution >= 0.6 is 11.3 Å². The first kappa shape index (κ1) is 18.0. The lowest BCUT2D eigenvalue weighted by atomic mass is 10.1. The number of fused-ring (bicyclic) bond motifs is 1. The van der Waals surface area contributed by atoms with Crippen molar-refractivity contribution in [1.29, 1.82) is 0 Å². The molecule has 0 saturated heterocycles. The molecule has 8 nitrogen and oxygen atoms in total. The van der Waals surface area contributed by atoms with Crippen molar-refractivity contribution >= 4 is 39.4 Å². The van der Waals surface area contributed by atoms with Gasteiger partial charge in [0.05, 0.1) is 28.9 Å². The van der Waals surface area contributed by atoms with Crippen LogP contribution in [-0.2, 0) is 11.8 Å². The van der Waals surface area contributed by atoms with E-state index in [2.05, 4.69) is 20.4 Å². The van der Waals surface area contributed by atoms with Gasteiger partial charge in [-0.05, 0) is 33.8 Å². The molecule has 0 radical (unpaired) electrons. The second-order valence-corrected chi connectivity index (χ2v) is 6.83. The number of aryl methyl sites for hydroxylation is 4. The van der Waals surface area contributed by atoms with Gasteiger partial charge in [0.15, 0.2) is 10.8 Å². The van der Waals surface area contributed by atoms with Gasteiger partial charge in [0.1, 0.15) is 4.88 Å². The van der Waals surface area contributed by atoms with Gasteiger partial charge < -0.3 is 4.74 Å². The summed E-state index contributed by atoms with van der Waals surface area (Å²) in [5.41, 5.74) is 3.09. The highest BCUT2D eigenvalue weighted by molar-refractivity contribution is 7.17. The molecule has 3 rings (SSSR count). The average molecular weight is 373 g/mol. The Kier molecular flexibility index (Phi) is 4.73. The van der Waals surface area contributed by atoms with Crippen molar-refractivity contribution in [2.75, 3.05) is 11.9 Å². The third kappa shape index (κ3) is 3.17. The second kappa shape index (κ2) is 6.83. The number of esters is 1. The molecule has 1 amide bonds. The van der Waals surface area contributed by atoms with Crippen molar-refractivity contribution in [3.63, 3.8) is 0 Å². The average Bonchev–Trinajstić information content (AvgIpc) is 3.07. The molecule has 0 atom stereocenters. The molecule has 0 aliphatic heterocycles. The Hall–Kier alpha value is -2.81. The fourth-order valence-corrected chi connectivity index (χ4v) is 3.60. The standard InChI is InChI=1S/C17H19N5O3S/c1-6-25-16(24)13-10(4)19-17(26-13)20-15(23)11-7-8(2)18-14-12(11)9(3)21-22(14)5/h7H,6H2,1-5H3,(H,19,20,23). The van der Waals surface area contributed by atoms with E-state index in [-0.39, 0.29) is 12.5 Å². The molecular formula is C17H19N5O3S. The van der Waals surface area contributed by atoms with E-state index in [0.29, 0.717) is 38.0 Å². The van der Waals surface area contributed by atoms with Crippen molar-refractivity contribution in [3.05, 3.63) is 33.6 Å². The van der Waals surface area contributed by atoms with E-state index in [1.54, 1.807) is 31.6 Å². The number of carbonyl (C=O) groups is 2. The van der Waals surface area contributed by atoms with Crippen LogP contribution in [0.15, 0.2) is 6.07 Å². The quantitative estimate of drug-likeness (QED) is 0.706. The summed E-state index contributed by atoms with van der Waals surface area (Å²) in [6.07, 6.45) is 0. The zero-order valence-electron chi connectivity index (χ0n) is 15.2. The van der Waals surface area contributed by atoms with Crippen LogP contribution in [0.3, 0.4) is 0 Å². The van der Waals surface area contributed by atoms with E-state index in [0.717, 1.165) is 17.0 Å². The molecule has 0 spiro atoms. The number of carbonyl (C=O) groups excluding carboxylic acids is 2. The minimum absolute atomic E-state index is 0.284. The van der Waals surface area contributed by atoms with E-state index in [4.69, 9.17) is 4.74 Å². The van der Waals surface area contributed by atoms with Gasteiger partial charge in [-0.3, -0.25) is 14.8 Å². The number of pyridine rings is 1. The first-order chi connectivity index (χ1) is 12.3. The van der Waals surface area contributed by atoms with Crippen LogP contribution in [0.1, 0.15) is 44.0 Å². The molecular weight excluding hydrogens is 354 g/mol. The topological polar surface area (TPSA) is 99.0 Å². The Morgan fingerprint density at radius 2 is 1.96 bits per heavy atom. The minimum atomic E-state index is -0.437. The molecule has 0 unspecified atom stereocenters. The summed E-state index contributed by atoms with van der Waals surface area (Å²) >= 11 is 1.10. The number of amides is 1. The number of aromatic nitrogens is 4. The number of anilines is 1. The summed E-state index contributed by atoms with van der Waals surface area (Å²) in [5, 5.41) is 8.16. The fraction of sp³-hybridized carbons (Fsp3) is 0.353. The monoisotopic (exact) mass is 373 g/mol. The van der Waals surface area contributed by atoms with Crippen molar-refractivity contribution in [2.24, 2.45) is 7.05 Å². The SMILES string of the molecule is CCOC(=O)c1sc(NC(=O)c2cc(C)nc3c2c(C)nn3C)nc1C. The predicted octanol–water partition coefficient (Wildman–Crippen LogP) is 2.78. The zero-order valence-corrected chi connectivity index (χ0v) is 16.0. The molecule has 9 heteroatoms. The van der Waals surface area contributed by atoms with Crippen molar-refractivity contribution < 1.29 is 14.3 Å². The molecule has 26 heavy (non-hydrogen) atoms. The molecule has 3 heterocycles. The van der Waals surface area contributed by atoms with Gasteiger partial charge >= 0.3 is 5.97 Å². The molecule has 0 fully saturated rings. The van der Waals surface area contributed by atoms with E-state index in [9.17, 15) is 9.59 Å². The van der Waals surface area contributed by atoms with Crippen LogP contribution in [0, 0.1) is 20.8 Å². The molecule has 3 aromatic heterocycles. The van der Waals surface area contributed by atoms with E-state index >= 15 is 0 Å². The van der Waals surface area contributed by atoms with E-state index < -0.39 is 5.97 Å². The maximum atomic E-state index is 12.8. The van der Waals surface area contributed by atoms with Crippen LogP contribution in [0.5, 0.6) is 0 Å². The first-order valence-electron chi connectivity index (χ1n) is 8.08. The molecule has 136 valence electrons. The highest BCUT2D eigenvalue weighted by atomic mass is 32.1. The molecule has 0 aromatic carbocycles. The van der Waals surface area contributed by atoms with Crippen molar-refractivity contribution in [1.82, 2.24) is 19.7 Å². The number of hydrogen-bond acceptors (Lipinski definition) is 7. The first-order valence-corrected chi connectivity index (χ1v) is 8.90. The summed E-state index contributed by atoms with van der Waals surface area (Å²) in [4.78, 5) is 33.8. The molecule has 0 bridgehead atoms. The van der Waals surface area contributed by atoms with E-state index in [1.807, 2.05) is 13.8 Å². The molecule has 0 saturated carbocycles. The second-order valence-electron chi connectivity index (χ2n) is 5.83. The number of ether oxygens (including phenoxy) is 1. The predicted molar refractivity (Wildman–Crippen MR) is 98.7 cm³/mol. The van der Waals surface area contributed by atoms with Gasteiger partial charge in [-0.1, -0.05) is 11.3 Å². The fourth-order valence-electron chi connectivity index (χ4n) is 2.75. The number of hydrogen-bond donors (Lipinski definition) is 1. The third-order valence-electron chi connectivity index (χ3n) is 3.82. The van der Waals surface area contributed by atoms with Crippen LogP contribution in [0.2, 0.25) is 0 Å². The van der Waals surface area contributed by atoms with Crippen LogP contribution in [0.4, 0.5) is 5.13 Å². The molecule has 3 aromatic rings. The van der Waals surface area contributed by atoms with Crippen molar-refractivity contribution in [3.8, 4) is 0 Å². The summed E-state index contributed by atoms with van der Waals surface area (Å²) in [5.74, 6) is -0.756. The maximum Gasteiger partial charge on any atom is 0.350 e. The number of nitrogens with zero attached hydrogens (tertiary/aromatic N) is 4. The number of nitrogens with one attached hydrogen (secondary N) is 1. The van der Waals surface area contributed by atoms with Crippen molar-refractivity contribution in [2.45, 2.75) is 27.7 Å². The van der Waals surface area contributed by atoms with Gasteiger partial charge in [0.25, 0.3) is 5.91 Å². The normalized spacial score (nSPS) is 11.0. The maximum absolute atomic E-state index is 12.8. The minimum Gasteiger partial charge on any atom is -0.462 e. The third-order valence-corrected chi connectivity index (χ3v) is 4.87. The van der Waals surface area contributed by atoms with Crippen LogP contribution in [0.25, 0.3) is 11.0 Å². The Morgan fingerprint density at radius 1 is 1.23 bits per heavy atom. The van der Waals surface area contributed by atoms with Gasteiger partial charge in [-0.25, -0.2) is 14.8 Å². The number of thiazole rings is 1. The van der Waals surface area contributed by atoms with Gasteiger partial charge in [-0.2, -0.15) is 5.10 Å². The highest BCUT2D eigenvalue weighted by Crippen LogP contribution is 2.26. The highest BCUT2D eigenvalue weighted by Gasteiger charge is 2.21. The van der Waals surface area contributed by atoms with Crippen LogP contribution < -0.4 is 5.32 Å². The Balaban J connectivity index is 1.96. The van der Waals surface area contributed by atoms with Gasteiger partial charge in [-0.15, -0.1) is 0 Å². The van der Waals surface area contributed by atoms with Crippen LogP contribution in [-0.4, -0.2) is 38.2 Å². The molecule has 1 N–H and O–H groups in total. The van der Waals surface area contributed by atoms with Gasteiger partial charge in [0, 0.05) is 12.7 Å². The Bertz CT molecular complexity index is 1020. The lowest BCUT2D eigenvalue weighted by Crippen LogP contribution is -2.13. The number of rotatable bonds is 4. The molecule has 0 aliphatic carbocycles. The zero-order chi connectivity index (χ0) is 19.0. The smallest absolute Gasteiger partial charge is 0.350 e. The lowest BCUT2D eigenvalue weighted by molar-refractivity contribution is 0.0531. The van der Waals surface area contributed by atoms with Gasteiger partial charge in [0.2, 0.25) is 0 Å². The largest absolute Gasteiger partial charge is 0.462 e. The van der Waals surface area contributed by atoms with E-state index in [1.165, 1.54) is 0 Å². The Morgan fingerprint density at radius 3 is 2.65 bits per heavy atom. The summed E-state index contributed by atoms with van der Waals surface area (Å²) in [7, 11) is 1.79. The molecule has 0 aliphatic rings. The summed E-state index contributed by atoms with van der Waals surface area (Å²) in [6, 6.07) is 1.72.